The van der Waals surface area contributed by atoms with E-state index in [2.05, 4.69) is 26.5 Å². The molecule has 0 fully saturated rings. The number of rotatable bonds is 4. The van der Waals surface area contributed by atoms with Crippen molar-refractivity contribution in [2.45, 2.75) is 0 Å². The van der Waals surface area contributed by atoms with Gasteiger partial charge >= 0.3 is 0 Å². The van der Waals surface area contributed by atoms with Crippen LogP contribution in [-0.2, 0) is 0 Å². The summed E-state index contributed by atoms with van der Waals surface area (Å²) in [5, 5.41) is 14.4. The highest BCUT2D eigenvalue weighted by Crippen LogP contribution is 2.21. The molecular formula is C14H9BrFN3O3. The van der Waals surface area contributed by atoms with Crippen LogP contribution in [-0.4, -0.2) is 17.0 Å². The maximum Gasteiger partial charge on any atom is 0.271 e. The van der Waals surface area contributed by atoms with E-state index in [1.54, 1.807) is 0 Å². The lowest BCUT2D eigenvalue weighted by Crippen LogP contribution is -2.17. The molecule has 0 aliphatic rings. The molecule has 112 valence electrons. The predicted octanol–water partition coefficient (Wildman–Crippen LogP) is 3.26. The summed E-state index contributed by atoms with van der Waals surface area (Å²) in [5.74, 6) is -0.927. The van der Waals surface area contributed by atoms with Crippen LogP contribution >= 0.6 is 15.9 Å². The number of non-ortho nitro benzene ring substituents is 1. The van der Waals surface area contributed by atoms with E-state index in [4.69, 9.17) is 0 Å². The zero-order chi connectivity index (χ0) is 16.1. The van der Waals surface area contributed by atoms with Gasteiger partial charge in [0.25, 0.3) is 11.6 Å². The van der Waals surface area contributed by atoms with Gasteiger partial charge in [-0.05, 0) is 46.3 Å². The molecule has 2 aromatic rings. The molecule has 0 saturated carbocycles. The highest BCUT2D eigenvalue weighted by atomic mass is 79.9. The monoisotopic (exact) mass is 365 g/mol. The quantitative estimate of drug-likeness (QED) is 0.512. The Kier molecular flexibility index (Phi) is 4.95. The molecule has 0 aliphatic heterocycles. The molecule has 0 aliphatic carbocycles. The third-order valence-electron chi connectivity index (χ3n) is 2.67. The number of hydrogen-bond acceptors (Lipinski definition) is 4. The fourth-order valence-electron chi connectivity index (χ4n) is 1.56. The molecule has 22 heavy (non-hydrogen) atoms. The number of halogens is 2. The Morgan fingerprint density at radius 3 is 2.55 bits per heavy atom. The highest BCUT2D eigenvalue weighted by Gasteiger charge is 2.08. The van der Waals surface area contributed by atoms with Crippen molar-refractivity contribution in [3.05, 3.63) is 74.0 Å². The zero-order valence-corrected chi connectivity index (χ0v) is 12.6. The minimum atomic E-state index is -0.512. The van der Waals surface area contributed by atoms with Gasteiger partial charge in [0.2, 0.25) is 0 Å². The average Bonchev–Trinajstić information content (AvgIpc) is 2.49. The Morgan fingerprint density at radius 1 is 1.27 bits per heavy atom. The van der Waals surface area contributed by atoms with E-state index in [9.17, 15) is 19.3 Å². The topological polar surface area (TPSA) is 84.6 Å². The molecule has 1 N–H and O–H groups in total. The molecule has 0 unspecified atom stereocenters. The van der Waals surface area contributed by atoms with Gasteiger partial charge < -0.3 is 0 Å². The fraction of sp³-hybridized carbons (Fsp3) is 0. The first-order valence-electron chi connectivity index (χ1n) is 6.00. The molecule has 1 amide bonds. The summed E-state index contributed by atoms with van der Waals surface area (Å²) in [6.45, 7) is 0. The Labute approximate surface area is 132 Å². The number of nitro benzene ring substituents is 1. The van der Waals surface area contributed by atoms with Gasteiger partial charge in [0, 0.05) is 27.7 Å². The van der Waals surface area contributed by atoms with Crippen molar-refractivity contribution in [2.24, 2.45) is 5.10 Å². The van der Waals surface area contributed by atoms with Gasteiger partial charge in [-0.25, -0.2) is 9.82 Å². The summed E-state index contributed by atoms with van der Waals surface area (Å²) in [7, 11) is 0. The number of benzene rings is 2. The molecule has 6 nitrogen and oxygen atoms in total. The molecular weight excluding hydrogens is 357 g/mol. The Bertz CT molecular complexity index is 747. The molecule has 0 spiro atoms. The van der Waals surface area contributed by atoms with Gasteiger partial charge in [0.05, 0.1) is 11.1 Å². The smallest absolute Gasteiger partial charge is 0.267 e. The van der Waals surface area contributed by atoms with E-state index in [1.807, 2.05) is 0 Å². The van der Waals surface area contributed by atoms with E-state index >= 15 is 0 Å². The standard InChI is InChI=1S/C14H9BrFN3O3/c15-13-7-12(19(21)22)6-3-10(13)8-17-18-14(20)9-1-4-11(16)5-2-9/h1-8H,(H,18,20)/b17-8-. The summed E-state index contributed by atoms with van der Waals surface area (Å²) in [4.78, 5) is 21.8. The third-order valence-corrected chi connectivity index (χ3v) is 3.36. The molecule has 2 aromatic carbocycles. The second kappa shape index (κ2) is 6.90. The molecule has 0 atom stereocenters. The number of nitrogens with zero attached hydrogens (tertiary/aromatic N) is 2. The largest absolute Gasteiger partial charge is 0.271 e. The van der Waals surface area contributed by atoms with Crippen LogP contribution in [0.25, 0.3) is 0 Å². The van der Waals surface area contributed by atoms with E-state index in [-0.39, 0.29) is 11.3 Å². The first-order chi connectivity index (χ1) is 10.5. The van der Waals surface area contributed by atoms with Crippen LogP contribution in [0.4, 0.5) is 10.1 Å². The van der Waals surface area contributed by atoms with Crippen LogP contribution in [0.2, 0.25) is 0 Å². The Morgan fingerprint density at radius 2 is 1.95 bits per heavy atom. The molecule has 8 heteroatoms. The number of hydrogen-bond donors (Lipinski definition) is 1. The normalized spacial score (nSPS) is 10.6. The summed E-state index contributed by atoms with van der Waals surface area (Å²) < 4.78 is 13.2. The van der Waals surface area contributed by atoms with Crippen LogP contribution in [0, 0.1) is 15.9 Å². The van der Waals surface area contributed by atoms with Crippen LogP contribution in [0.15, 0.2) is 52.0 Å². The van der Waals surface area contributed by atoms with Crippen LogP contribution in [0.1, 0.15) is 15.9 Å². The lowest BCUT2D eigenvalue weighted by atomic mass is 10.2. The van der Waals surface area contributed by atoms with Gasteiger partial charge in [-0.3, -0.25) is 14.9 Å². The van der Waals surface area contributed by atoms with E-state index in [0.717, 1.165) is 0 Å². The summed E-state index contributed by atoms with van der Waals surface area (Å²) in [6.07, 6.45) is 1.34. The van der Waals surface area contributed by atoms with Crippen molar-refractivity contribution in [2.75, 3.05) is 0 Å². The maximum absolute atomic E-state index is 12.7. The van der Waals surface area contributed by atoms with E-state index in [1.165, 1.54) is 48.7 Å². The number of carbonyl (C=O) groups excluding carboxylic acids is 1. The maximum atomic E-state index is 12.7. The first-order valence-corrected chi connectivity index (χ1v) is 6.79. The van der Waals surface area contributed by atoms with Crippen LogP contribution < -0.4 is 5.43 Å². The van der Waals surface area contributed by atoms with Gasteiger partial charge in [0.1, 0.15) is 5.82 Å². The van der Waals surface area contributed by atoms with E-state index in [0.29, 0.717) is 10.0 Å². The Hall–Kier alpha value is -2.61. The van der Waals surface area contributed by atoms with Crippen molar-refractivity contribution in [3.8, 4) is 0 Å². The molecule has 2 rings (SSSR count). The minimum Gasteiger partial charge on any atom is -0.267 e. The summed E-state index contributed by atoms with van der Waals surface area (Å²) >= 11 is 3.19. The van der Waals surface area contributed by atoms with Crippen molar-refractivity contribution in [1.29, 1.82) is 0 Å². The third kappa shape index (κ3) is 3.95. The highest BCUT2D eigenvalue weighted by molar-refractivity contribution is 9.10. The number of amides is 1. The van der Waals surface area contributed by atoms with Crippen molar-refractivity contribution in [1.82, 2.24) is 5.43 Å². The molecule has 0 bridgehead atoms. The number of hydrazone groups is 1. The first kappa shape index (κ1) is 15.8. The molecule has 0 aromatic heterocycles. The molecule has 0 saturated heterocycles. The average molecular weight is 366 g/mol. The number of nitrogens with one attached hydrogen (secondary N) is 1. The lowest BCUT2D eigenvalue weighted by Gasteiger charge is -2.00. The molecule has 0 heterocycles. The van der Waals surface area contributed by atoms with E-state index < -0.39 is 16.6 Å². The number of nitro groups is 1. The predicted molar refractivity (Wildman–Crippen MR) is 82.3 cm³/mol. The SMILES string of the molecule is O=C(N/N=C\c1ccc([N+](=O)[O-])cc1Br)c1ccc(F)cc1. The van der Waals surface area contributed by atoms with Crippen molar-refractivity contribution in [3.63, 3.8) is 0 Å². The fourth-order valence-corrected chi connectivity index (χ4v) is 2.03. The Balaban J connectivity index is 2.05. The van der Waals surface area contributed by atoms with Gasteiger partial charge in [-0.2, -0.15) is 5.10 Å². The number of carbonyl (C=O) groups is 1. The van der Waals surface area contributed by atoms with Crippen molar-refractivity contribution < 1.29 is 14.1 Å². The minimum absolute atomic E-state index is 0.0561. The van der Waals surface area contributed by atoms with Gasteiger partial charge in [0.15, 0.2) is 0 Å². The zero-order valence-electron chi connectivity index (χ0n) is 11.0. The second-order valence-corrected chi connectivity index (χ2v) is 5.02. The van der Waals surface area contributed by atoms with Gasteiger partial charge in [-0.1, -0.05) is 0 Å². The lowest BCUT2D eigenvalue weighted by molar-refractivity contribution is -0.384. The summed E-state index contributed by atoms with van der Waals surface area (Å²) in [6, 6.07) is 9.17. The molecule has 0 radical (unpaired) electrons. The summed E-state index contributed by atoms with van der Waals surface area (Å²) in [5.41, 5.74) is 3.05. The van der Waals surface area contributed by atoms with Crippen molar-refractivity contribution >= 4 is 33.7 Å². The van der Waals surface area contributed by atoms with Crippen LogP contribution in [0.3, 0.4) is 0 Å². The van der Waals surface area contributed by atoms with Gasteiger partial charge in [-0.15, -0.1) is 0 Å². The second-order valence-electron chi connectivity index (χ2n) is 4.17. The van der Waals surface area contributed by atoms with Crippen LogP contribution in [0.5, 0.6) is 0 Å².